The fourth-order valence-corrected chi connectivity index (χ4v) is 1.94. The minimum absolute atomic E-state index is 0.319. The van der Waals surface area contributed by atoms with Crippen molar-refractivity contribution in [3.05, 3.63) is 41.3 Å². The number of ether oxygens (including phenoxy) is 1. The van der Waals surface area contributed by atoms with Gasteiger partial charge in [0.05, 0.1) is 19.3 Å². The molecule has 0 aliphatic heterocycles. The molecule has 5 nitrogen and oxygen atoms in total. The quantitative estimate of drug-likeness (QED) is 0.880. The number of aromatic nitrogens is 2. The minimum Gasteiger partial charge on any atom is -0.495 e. The summed E-state index contributed by atoms with van der Waals surface area (Å²) in [4.78, 5) is 8.39. The first-order chi connectivity index (χ1) is 9.13. The number of methoxy groups -OCH3 is 1. The van der Waals surface area contributed by atoms with Gasteiger partial charge in [-0.3, -0.25) is 0 Å². The predicted octanol–water partition coefficient (Wildman–Crippen LogP) is 2.30. The summed E-state index contributed by atoms with van der Waals surface area (Å²) in [6, 6.07) is 5.88. The van der Waals surface area contributed by atoms with Gasteiger partial charge in [0.25, 0.3) is 0 Å². The molecule has 2 aromatic rings. The van der Waals surface area contributed by atoms with E-state index in [0.717, 1.165) is 22.6 Å². The van der Waals surface area contributed by atoms with Crippen molar-refractivity contribution in [1.29, 1.82) is 0 Å². The summed E-state index contributed by atoms with van der Waals surface area (Å²) in [7, 11) is 1.66. The van der Waals surface area contributed by atoms with E-state index in [-0.39, 0.29) is 0 Å². The lowest BCUT2D eigenvalue weighted by Crippen LogP contribution is -2.05. The molecule has 5 heteroatoms. The molecule has 100 valence electrons. The molecule has 0 saturated heterocycles. The smallest absolute Gasteiger partial charge is 0.144 e. The van der Waals surface area contributed by atoms with Gasteiger partial charge in [-0.2, -0.15) is 0 Å². The van der Waals surface area contributed by atoms with E-state index in [9.17, 15) is 0 Å². The van der Waals surface area contributed by atoms with E-state index < -0.39 is 0 Å². The summed E-state index contributed by atoms with van der Waals surface area (Å²) in [5.74, 6) is 2.11. The van der Waals surface area contributed by atoms with Crippen molar-refractivity contribution in [3.63, 3.8) is 0 Å². The highest BCUT2D eigenvalue weighted by Crippen LogP contribution is 2.31. The Morgan fingerprint density at radius 1 is 1.32 bits per heavy atom. The Morgan fingerprint density at radius 2 is 2.11 bits per heavy atom. The lowest BCUT2D eigenvalue weighted by molar-refractivity contribution is 0.416. The number of nitrogens with one attached hydrogen (secondary N) is 1. The SMILES string of the molecule is COc1cc(C)cc(C)c1Nc1ccnc(CN)n1. The lowest BCUT2D eigenvalue weighted by atomic mass is 10.1. The number of aryl methyl sites for hydroxylation is 2. The maximum Gasteiger partial charge on any atom is 0.144 e. The molecule has 1 aromatic heterocycles. The van der Waals surface area contributed by atoms with Gasteiger partial charge in [0.1, 0.15) is 17.4 Å². The van der Waals surface area contributed by atoms with Crippen molar-refractivity contribution >= 4 is 11.5 Å². The van der Waals surface area contributed by atoms with Crippen molar-refractivity contribution in [2.24, 2.45) is 5.73 Å². The summed E-state index contributed by atoms with van der Waals surface area (Å²) in [6.45, 7) is 4.39. The van der Waals surface area contributed by atoms with Gasteiger partial charge in [-0.1, -0.05) is 6.07 Å². The number of anilines is 2. The van der Waals surface area contributed by atoms with Crippen LogP contribution in [0.2, 0.25) is 0 Å². The minimum atomic E-state index is 0.319. The molecule has 0 aliphatic rings. The van der Waals surface area contributed by atoms with Gasteiger partial charge in [0.2, 0.25) is 0 Å². The molecule has 3 N–H and O–H groups in total. The van der Waals surface area contributed by atoms with Crippen LogP contribution in [0.1, 0.15) is 17.0 Å². The molecule has 2 rings (SSSR count). The van der Waals surface area contributed by atoms with Crippen LogP contribution in [0.25, 0.3) is 0 Å². The van der Waals surface area contributed by atoms with Crippen molar-refractivity contribution in [3.8, 4) is 5.75 Å². The molecule has 1 aromatic carbocycles. The van der Waals surface area contributed by atoms with Crippen LogP contribution in [0.15, 0.2) is 24.4 Å². The van der Waals surface area contributed by atoms with Crippen LogP contribution in [0.4, 0.5) is 11.5 Å². The Kier molecular flexibility index (Phi) is 3.97. The van der Waals surface area contributed by atoms with Crippen molar-refractivity contribution < 1.29 is 4.74 Å². The molecule has 0 bridgehead atoms. The first-order valence-corrected chi connectivity index (χ1v) is 6.08. The van der Waals surface area contributed by atoms with Gasteiger partial charge >= 0.3 is 0 Å². The van der Waals surface area contributed by atoms with Crippen LogP contribution in [0.3, 0.4) is 0 Å². The number of hydrogen-bond donors (Lipinski definition) is 2. The molecule has 0 fully saturated rings. The third-order valence-corrected chi connectivity index (χ3v) is 2.80. The second-order valence-electron chi connectivity index (χ2n) is 4.35. The van der Waals surface area contributed by atoms with Gasteiger partial charge in [-0.05, 0) is 37.1 Å². The Hall–Kier alpha value is -2.14. The van der Waals surface area contributed by atoms with Gasteiger partial charge in [0, 0.05) is 6.20 Å². The van der Waals surface area contributed by atoms with Gasteiger partial charge in [-0.15, -0.1) is 0 Å². The van der Waals surface area contributed by atoms with E-state index in [2.05, 4.69) is 21.4 Å². The molecule has 0 saturated carbocycles. The van der Waals surface area contributed by atoms with Crippen molar-refractivity contribution in [2.75, 3.05) is 12.4 Å². The van der Waals surface area contributed by atoms with Gasteiger partial charge < -0.3 is 15.8 Å². The maximum atomic E-state index is 5.54. The zero-order chi connectivity index (χ0) is 13.8. The Labute approximate surface area is 112 Å². The number of nitrogens with two attached hydrogens (primary N) is 1. The Bertz CT molecular complexity index is 584. The third kappa shape index (κ3) is 3.00. The number of rotatable bonds is 4. The maximum absolute atomic E-state index is 5.54. The third-order valence-electron chi connectivity index (χ3n) is 2.80. The molecule has 1 heterocycles. The largest absolute Gasteiger partial charge is 0.495 e. The highest BCUT2D eigenvalue weighted by atomic mass is 16.5. The second-order valence-corrected chi connectivity index (χ2v) is 4.35. The molecule has 0 amide bonds. The lowest BCUT2D eigenvalue weighted by Gasteiger charge is -2.14. The van der Waals surface area contributed by atoms with Crippen LogP contribution < -0.4 is 15.8 Å². The van der Waals surface area contributed by atoms with E-state index in [0.29, 0.717) is 18.2 Å². The second kappa shape index (κ2) is 5.67. The van der Waals surface area contributed by atoms with Gasteiger partial charge in [0.15, 0.2) is 0 Å². The summed E-state index contributed by atoms with van der Waals surface area (Å²) < 4.78 is 5.41. The molecule has 0 unspecified atom stereocenters. The molecule has 19 heavy (non-hydrogen) atoms. The summed E-state index contributed by atoms with van der Waals surface area (Å²) >= 11 is 0. The summed E-state index contributed by atoms with van der Waals surface area (Å²) in [5.41, 5.74) is 8.71. The molecular formula is C14H18N4O. The highest BCUT2D eigenvalue weighted by molar-refractivity contribution is 5.68. The van der Waals surface area contributed by atoms with E-state index in [1.54, 1.807) is 19.4 Å². The van der Waals surface area contributed by atoms with E-state index >= 15 is 0 Å². The summed E-state index contributed by atoms with van der Waals surface area (Å²) in [6.07, 6.45) is 1.69. The molecule has 0 aliphatic carbocycles. The summed E-state index contributed by atoms with van der Waals surface area (Å²) in [5, 5.41) is 3.26. The van der Waals surface area contributed by atoms with E-state index in [1.807, 2.05) is 19.9 Å². The fourth-order valence-electron chi connectivity index (χ4n) is 1.94. The molecule has 0 atom stereocenters. The van der Waals surface area contributed by atoms with Crippen molar-refractivity contribution in [2.45, 2.75) is 20.4 Å². The fraction of sp³-hybridized carbons (Fsp3) is 0.286. The molecule has 0 spiro atoms. The van der Waals surface area contributed by atoms with E-state index in [4.69, 9.17) is 10.5 Å². The zero-order valence-electron chi connectivity index (χ0n) is 11.4. The first kappa shape index (κ1) is 13.3. The van der Waals surface area contributed by atoms with Crippen molar-refractivity contribution in [1.82, 2.24) is 9.97 Å². The average molecular weight is 258 g/mol. The van der Waals surface area contributed by atoms with Crippen LogP contribution in [-0.4, -0.2) is 17.1 Å². The number of nitrogens with zero attached hydrogens (tertiary/aromatic N) is 2. The van der Waals surface area contributed by atoms with Gasteiger partial charge in [-0.25, -0.2) is 9.97 Å². The zero-order valence-corrected chi connectivity index (χ0v) is 11.4. The molecule has 0 radical (unpaired) electrons. The standard InChI is InChI=1S/C14H18N4O/c1-9-6-10(2)14(11(7-9)19-3)18-12-4-5-16-13(8-15)17-12/h4-7H,8,15H2,1-3H3,(H,16,17,18). The monoisotopic (exact) mass is 258 g/mol. The van der Waals surface area contributed by atoms with E-state index in [1.165, 1.54) is 0 Å². The van der Waals surface area contributed by atoms with Crippen LogP contribution in [0.5, 0.6) is 5.75 Å². The molecular weight excluding hydrogens is 240 g/mol. The Balaban J connectivity index is 2.37. The predicted molar refractivity (Wildman–Crippen MR) is 75.7 cm³/mol. The number of hydrogen-bond acceptors (Lipinski definition) is 5. The topological polar surface area (TPSA) is 73.1 Å². The van der Waals surface area contributed by atoms with Crippen LogP contribution >= 0.6 is 0 Å². The average Bonchev–Trinajstić information content (AvgIpc) is 2.41. The van der Waals surface area contributed by atoms with Crippen LogP contribution in [0, 0.1) is 13.8 Å². The normalized spacial score (nSPS) is 10.3. The van der Waals surface area contributed by atoms with Crippen LogP contribution in [-0.2, 0) is 6.54 Å². The number of benzene rings is 1. The highest BCUT2D eigenvalue weighted by Gasteiger charge is 2.09. The first-order valence-electron chi connectivity index (χ1n) is 6.08. The Morgan fingerprint density at radius 3 is 2.79 bits per heavy atom.